The Hall–Kier alpha value is -1.51. The minimum atomic E-state index is -3.92. The average molecular weight is 341 g/mol. The second-order valence-electron chi connectivity index (χ2n) is 5.90. The Morgan fingerprint density at radius 2 is 2.00 bits per heavy atom. The first kappa shape index (κ1) is 17.8. The first-order chi connectivity index (χ1) is 10.8. The van der Waals surface area contributed by atoms with Crippen molar-refractivity contribution in [2.75, 3.05) is 19.6 Å². The lowest BCUT2D eigenvalue weighted by Crippen LogP contribution is -2.42. The molecule has 1 aromatic carbocycles. The van der Waals surface area contributed by atoms with Crippen LogP contribution in [0.1, 0.15) is 30.9 Å². The molecular formula is C15H23N3O4S. The molecule has 2 rings (SSSR count). The lowest BCUT2D eigenvalue weighted by molar-refractivity contribution is -0.388. The van der Waals surface area contributed by atoms with Gasteiger partial charge in [0, 0.05) is 24.7 Å². The fourth-order valence-corrected chi connectivity index (χ4v) is 5.23. The van der Waals surface area contributed by atoms with Crippen molar-refractivity contribution in [1.82, 2.24) is 9.62 Å². The minimum absolute atomic E-state index is 0.153. The van der Waals surface area contributed by atoms with E-state index >= 15 is 0 Å². The Balaban J connectivity index is 2.61. The summed E-state index contributed by atoms with van der Waals surface area (Å²) in [6, 6.07) is 3.07. The molecule has 1 fully saturated rings. The van der Waals surface area contributed by atoms with Gasteiger partial charge in [0.15, 0.2) is 4.90 Å². The van der Waals surface area contributed by atoms with Crippen LogP contribution in [0.2, 0.25) is 0 Å². The van der Waals surface area contributed by atoms with Crippen LogP contribution in [0.4, 0.5) is 5.69 Å². The van der Waals surface area contributed by atoms with Crippen molar-refractivity contribution in [2.24, 2.45) is 0 Å². The molecule has 0 saturated carbocycles. The fraction of sp³-hybridized carbons (Fsp3) is 0.600. The third-order valence-electron chi connectivity index (χ3n) is 4.16. The van der Waals surface area contributed by atoms with Gasteiger partial charge >= 0.3 is 0 Å². The Bertz CT molecular complexity index is 697. The molecule has 0 spiro atoms. The van der Waals surface area contributed by atoms with Crippen molar-refractivity contribution in [3.05, 3.63) is 33.4 Å². The second-order valence-corrected chi connectivity index (χ2v) is 7.72. The van der Waals surface area contributed by atoms with E-state index in [9.17, 15) is 18.5 Å². The molecule has 1 aliphatic heterocycles. The highest BCUT2D eigenvalue weighted by Crippen LogP contribution is 2.34. The lowest BCUT2D eigenvalue weighted by atomic mass is 10.1. The van der Waals surface area contributed by atoms with E-state index in [2.05, 4.69) is 5.32 Å². The van der Waals surface area contributed by atoms with Gasteiger partial charge in [0.1, 0.15) is 0 Å². The maximum atomic E-state index is 13.2. The maximum absolute atomic E-state index is 13.2. The van der Waals surface area contributed by atoms with E-state index in [0.717, 1.165) is 13.0 Å². The van der Waals surface area contributed by atoms with Crippen LogP contribution < -0.4 is 5.32 Å². The van der Waals surface area contributed by atoms with Crippen molar-refractivity contribution in [1.29, 1.82) is 0 Å². The zero-order chi connectivity index (χ0) is 17.2. The van der Waals surface area contributed by atoms with Crippen LogP contribution in [0.3, 0.4) is 0 Å². The summed E-state index contributed by atoms with van der Waals surface area (Å²) in [5.41, 5.74) is 0.464. The number of rotatable bonds is 6. The maximum Gasteiger partial charge on any atom is 0.292 e. The molecule has 1 heterocycles. The summed E-state index contributed by atoms with van der Waals surface area (Å²) >= 11 is 0. The number of hydrogen-bond donors (Lipinski definition) is 1. The van der Waals surface area contributed by atoms with E-state index in [1.807, 2.05) is 6.92 Å². The molecule has 0 amide bonds. The van der Waals surface area contributed by atoms with Crippen molar-refractivity contribution in [2.45, 2.75) is 44.6 Å². The molecule has 128 valence electrons. The normalized spacial score (nSPS) is 18.5. The predicted molar refractivity (Wildman–Crippen MR) is 88.0 cm³/mol. The predicted octanol–water partition coefficient (Wildman–Crippen LogP) is 1.97. The van der Waals surface area contributed by atoms with Crippen LogP contribution >= 0.6 is 0 Å². The molecule has 1 N–H and O–H groups in total. The smallest absolute Gasteiger partial charge is 0.292 e. The summed E-state index contributed by atoms with van der Waals surface area (Å²) < 4.78 is 27.8. The van der Waals surface area contributed by atoms with E-state index in [0.29, 0.717) is 30.6 Å². The molecule has 7 nitrogen and oxygen atoms in total. The number of nitrogens with zero attached hydrogens (tertiary/aromatic N) is 2. The summed E-state index contributed by atoms with van der Waals surface area (Å²) in [4.78, 5) is 10.7. The highest BCUT2D eigenvalue weighted by atomic mass is 32.2. The summed E-state index contributed by atoms with van der Waals surface area (Å²) in [6.45, 7) is 6.78. The lowest BCUT2D eigenvalue weighted by Gasteiger charge is -2.28. The van der Waals surface area contributed by atoms with Gasteiger partial charge in [-0.05, 0) is 38.8 Å². The van der Waals surface area contributed by atoms with E-state index in [4.69, 9.17) is 0 Å². The van der Waals surface area contributed by atoms with E-state index in [-0.39, 0.29) is 16.6 Å². The van der Waals surface area contributed by atoms with Gasteiger partial charge in [-0.1, -0.05) is 19.1 Å². The first-order valence-electron chi connectivity index (χ1n) is 7.77. The molecule has 0 bridgehead atoms. The van der Waals surface area contributed by atoms with Gasteiger partial charge in [-0.15, -0.1) is 0 Å². The van der Waals surface area contributed by atoms with Crippen molar-refractivity contribution in [3.63, 3.8) is 0 Å². The Morgan fingerprint density at radius 3 is 2.52 bits per heavy atom. The third kappa shape index (κ3) is 3.39. The fourth-order valence-electron chi connectivity index (χ4n) is 3.04. The molecule has 8 heteroatoms. The number of hydrogen-bond acceptors (Lipinski definition) is 5. The van der Waals surface area contributed by atoms with Gasteiger partial charge in [-0.2, -0.15) is 4.31 Å². The van der Waals surface area contributed by atoms with E-state index in [1.165, 1.54) is 4.31 Å². The topological polar surface area (TPSA) is 92.6 Å². The van der Waals surface area contributed by atoms with Crippen LogP contribution in [0, 0.1) is 24.0 Å². The van der Waals surface area contributed by atoms with Crippen LogP contribution in [0.15, 0.2) is 17.0 Å². The summed E-state index contributed by atoms with van der Waals surface area (Å²) in [6.07, 6.45) is 1.38. The zero-order valence-corrected chi connectivity index (χ0v) is 14.5. The molecule has 0 radical (unpaired) electrons. The SMILES string of the molecule is CCCN(C1CCNC1)S(=O)(=O)c1c(C)ccc(C)c1[N+](=O)[O-]. The molecule has 0 aliphatic carbocycles. The van der Waals surface area contributed by atoms with Crippen LogP contribution in [-0.2, 0) is 10.0 Å². The molecule has 1 unspecified atom stereocenters. The Labute approximate surface area is 136 Å². The molecule has 1 atom stereocenters. The van der Waals surface area contributed by atoms with Gasteiger partial charge in [0.2, 0.25) is 10.0 Å². The van der Waals surface area contributed by atoms with Crippen molar-refractivity contribution >= 4 is 15.7 Å². The van der Waals surface area contributed by atoms with Crippen LogP contribution in [0.25, 0.3) is 0 Å². The van der Waals surface area contributed by atoms with Crippen molar-refractivity contribution in [3.8, 4) is 0 Å². The number of nitro groups is 1. The van der Waals surface area contributed by atoms with Crippen molar-refractivity contribution < 1.29 is 13.3 Å². The van der Waals surface area contributed by atoms with Gasteiger partial charge in [0.25, 0.3) is 5.69 Å². The highest BCUT2D eigenvalue weighted by molar-refractivity contribution is 7.89. The van der Waals surface area contributed by atoms with E-state index < -0.39 is 14.9 Å². The third-order valence-corrected chi connectivity index (χ3v) is 6.29. The minimum Gasteiger partial charge on any atom is -0.315 e. The molecule has 1 aromatic rings. The number of nitrogens with one attached hydrogen (secondary N) is 1. The standard InChI is InChI=1S/C15H23N3O4S/c1-4-9-17(13-7-8-16-10-13)23(21,22)15-12(3)6-5-11(2)14(15)18(19)20/h5-6,13,16H,4,7-10H2,1-3H3. The molecule has 1 saturated heterocycles. The van der Waals surface area contributed by atoms with Gasteiger partial charge in [0.05, 0.1) is 4.92 Å². The van der Waals surface area contributed by atoms with Crippen LogP contribution in [0.5, 0.6) is 0 Å². The first-order valence-corrected chi connectivity index (χ1v) is 9.21. The highest BCUT2D eigenvalue weighted by Gasteiger charge is 2.38. The molecule has 23 heavy (non-hydrogen) atoms. The second kappa shape index (κ2) is 6.94. The molecule has 1 aliphatic rings. The number of benzene rings is 1. The van der Waals surface area contributed by atoms with E-state index in [1.54, 1.807) is 26.0 Å². The number of aryl methyl sites for hydroxylation is 2. The zero-order valence-electron chi connectivity index (χ0n) is 13.7. The van der Waals surface area contributed by atoms with Gasteiger partial charge in [-0.3, -0.25) is 10.1 Å². The summed E-state index contributed by atoms with van der Waals surface area (Å²) in [7, 11) is -3.92. The quantitative estimate of drug-likeness (QED) is 0.631. The van der Waals surface area contributed by atoms with Crippen LogP contribution in [-0.4, -0.2) is 43.3 Å². The largest absolute Gasteiger partial charge is 0.315 e. The van der Waals surface area contributed by atoms with Gasteiger partial charge < -0.3 is 5.32 Å². The summed E-state index contributed by atoms with van der Waals surface area (Å²) in [5, 5.41) is 14.6. The monoisotopic (exact) mass is 341 g/mol. The Kier molecular flexibility index (Phi) is 5.38. The molecule has 0 aromatic heterocycles. The van der Waals surface area contributed by atoms with Gasteiger partial charge in [-0.25, -0.2) is 8.42 Å². The Morgan fingerprint density at radius 1 is 1.35 bits per heavy atom. The number of sulfonamides is 1. The molecular weight excluding hydrogens is 318 g/mol. The summed E-state index contributed by atoms with van der Waals surface area (Å²) in [5.74, 6) is 0. The average Bonchev–Trinajstić information content (AvgIpc) is 2.99. The number of nitro benzene ring substituents is 1.